The molecule has 7 rings (SSSR count). The molecule has 0 amide bonds. The second-order valence-electron chi connectivity index (χ2n) is 12.1. The monoisotopic (exact) mass is 1120 g/mol. The summed E-state index contributed by atoms with van der Waals surface area (Å²) in [5.74, 6) is 0. The van der Waals surface area contributed by atoms with Crippen LogP contribution in [0.4, 0.5) is 0 Å². The fourth-order valence-electron chi connectivity index (χ4n) is 4.57. The summed E-state index contributed by atoms with van der Waals surface area (Å²) < 4.78 is 0. The number of benzene rings is 5. The summed E-state index contributed by atoms with van der Waals surface area (Å²) in [4.78, 5) is 8.22. The molecule has 7 aromatic rings. The average molecular weight is 1120 g/mol. The predicted octanol–water partition coefficient (Wildman–Crippen LogP) is 16.1. The number of para-hydroxylation sites is 1. The Hall–Kier alpha value is -2.15. The maximum absolute atomic E-state index is 7.16. The number of unbranched alkanes of at least 4 members (excludes halogenated alkanes) is 4. The molecular weight excluding hydrogens is 1060 g/mol. The predicted molar refractivity (Wildman–Crippen MR) is 273 cm³/mol. The number of nitrogens with zero attached hydrogens (tertiary/aromatic N) is 2. The topological polar surface area (TPSA) is 73.4 Å². The molecule has 62 heavy (non-hydrogen) atoms. The van der Waals surface area contributed by atoms with Gasteiger partial charge in [0.2, 0.25) is 0 Å². The zero-order valence-electron chi connectivity index (χ0n) is 34.9. The average Bonchev–Trinajstić information content (AvgIpc) is 3.35. The Morgan fingerprint density at radius 2 is 0.903 bits per heavy atom. The molecule has 4 nitrogen and oxygen atoms in total. The third-order valence-corrected chi connectivity index (χ3v) is 10.2. The zero-order chi connectivity index (χ0) is 45.4. The summed E-state index contributed by atoms with van der Waals surface area (Å²) in [7, 11) is 21.4. The van der Waals surface area contributed by atoms with Crippen molar-refractivity contribution in [3.05, 3.63) is 231 Å². The third kappa shape index (κ3) is 38.3. The normalized spacial score (nSPS) is 9.74. The van der Waals surface area contributed by atoms with Crippen molar-refractivity contribution >= 4 is 77.4 Å². The summed E-state index contributed by atoms with van der Waals surface area (Å²) in [6.45, 7) is 8.20. The molecule has 0 aliphatic rings. The van der Waals surface area contributed by atoms with Crippen LogP contribution >= 0.6 is 55.9 Å². The molecule has 0 spiro atoms. The van der Waals surface area contributed by atoms with Crippen molar-refractivity contribution in [2.45, 2.75) is 51.6 Å². The number of fused-ring (bicyclic) bond motifs is 1. The minimum absolute atomic E-state index is 0.255. The standard InChI is InChI=1S/2C11H16P.C10H9N2.C6H7N2.2C6H5.4ClH.2Ru/c2*1-2-3-7-10-12-11-8-5-4-6-9-11;11-7-9-6-5-8-3-1-2-4-10(8)12-9;7-5-6-3-1-2-4-8-6;2*1-2-4-6-5-3-1;;;;;;/h2*4-6,8-9,12H,1-3,7,10H2;1-6,11H,7H2;1-4,7H,5H2;2*1-5H;4*1H;;/q6*-1;;;;;2*+2/p-4. The first-order chi connectivity index (χ1) is 30.5. The summed E-state index contributed by atoms with van der Waals surface area (Å²) in [5, 5.41) is 4.11. The van der Waals surface area contributed by atoms with Gasteiger partial charge in [0.05, 0.1) is 5.52 Å². The molecule has 12 heteroatoms. The molecule has 338 valence electrons. The fourth-order valence-corrected chi connectivity index (χ4v) is 6.86. The van der Waals surface area contributed by atoms with Crippen molar-refractivity contribution in [1.29, 1.82) is 0 Å². The molecule has 5 aromatic carbocycles. The van der Waals surface area contributed by atoms with Crippen LogP contribution in [-0.2, 0) is 43.4 Å². The van der Waals surface area contributed by atoms with E-state index in [1.54, 1.807) is 6.20 Å². The first kappa shape index (κ1) is 59.8. The van der Waals surface area contributed by atoms with E-state index >= 15 is 0 Å². The number of rotatable bonds is 12. The fraction of sp³-hybridized carbons (Fsp3) is 0.200. The Morgan fingerprint density at radius 1 is 0.484 bits per heavy atom. The number of halogens is 4. The maximum atomic E-state index is 7.16. The Kier molecular flexibility index (Phi) is 46.6. The number of nitrogens with one attached hydrogen (secondary N) is 2. The maximum Gasteiger partial charge on any atom is 0.0704 e. The van der Waals surface area contributed by atoms with Crippen molar-refractivity contribution in [2.75, 3.05) is 12.3 Å². The molecule has 0 radical (unpaired) electrons. The van der Waals surface area contributed by atoms with Crippen molar-refractivity contribution in [1.82, 2.24) is 9.97 Å². The summed E-state index contributed by atoms with van der Waals surface area (Å²) in [5.41, 5.74) is 16.7. The van der Waals surface area contributed by atoms with E-state index in [4.69, 9.17) is 50.2 Å². The SMILES string of the molecule is [CH2-]CCCCPc1ccccc1.[CH2-]CCCCPc1ccccc1.[Cl][Ru][Cl].[Cl][Ru][Cl].[NH-]Cc1ccc2ccccc2n1.[NH-]Cc1ccccn1.[c-]1ccccc1.[c-]1ccccc1. The summed E-state index contributed by atoms with van der Waals surface area (Å²) in [6, 6.07) is 63.9. The van der Waals surface area contributed by atoms with Gasteiger partial charge in [0.15, 0.2) is 0 Å². The van der Waals surface area contributed by atoms with Crippen molar-refractivity contribution in [3.63, 3.8) is 0 Å². The van der Waals surface area contributed by atoms with Crippen LogP contribution < -0.4 is 10.6 Å². The first-order valence-electron chi connectivity index (χ1n) is 19.8. The minimum Gasteiger partial charge on any atom is -0.672 e. The molecule has 2 unspecified atom stereocenters. The van der Waals surface area contributed by atoms with Gasteiger partial charge in [0.25, 0.3) is 0 Å². The van der Waals surface area contributed by atoms with Gasteiger partial charge in [0.1, 0.15) is 0 Å². The molecule has 0 saturated heterocycles. The van der Waals surface area contributed by atoms with Gasteiger partial charge in [-0.2, -0.15) is 85.6 Å². The van der Waals surface area contributed by atoms with Gasteiger partial charge in [-0.05, 0) is 47.2 Å². The first-order valence-corrected chi connectivity index (χ1v) is 31.1. The van der Waals surface area contributed by atoms with Gasteiger partial charge in [0, 0.05) is 23.0 Å². The summed E-state index contributed by atoms with van der Waals surface area (Å²) in [6.07, 6.45) is 11.7. The number of hydrogen-bond acceptors (Lipinski definition) is 2. The van der Waals surface area contributed by atoms with E-state index in [-0.39, 0.29) is 43.4 Å². The van der Waals surface area contributed by atoms with Crippen LogP contribution in [0.5, 0.6) is 0 Å². The Bertz CT molecular complexity index is 1760. The molecule has 2 atom stereocenters. The van der Waals surface area contributed by atoms with E-state index in [9.17, 15) is 0 Å². The molecule has 2 N–H and O–H groups in total. The van der Waals surface area contributed by atoms with Crippen LogP contribution in [0.3, 0.4) is 0 Å². The second-order valence-corrected chi connectivity index (χ2v) is 20.3. The van der Waals surface area contributed by atoms with Crippen LogP contribution in [0.15, 0.2) is 182 Å². The smallest absolute Gasteiger partial charge is 0.0704 e. The van der Waals surface area contributed by atoms with Gasteiger partial charge in [-0.25, -0.2) is 0 Å². The van der Waals surface area contributed by atoms with E-state index < -0.39 is 0 Å². The Labute approximate surface area is 409 Å². The zero-order valence-corrected chi connectivity index (χ0v) is 43.4. The van der Waals surface area contributed by atoms with Crippen LogP contribution in [-0.4, -0.2) is 22.3 Å². The number of pyridine rings is 2. The minimum atomic E-state index is -0.346. The van der Waals surface area contributed by atoms with E-state index in [0.717, 1.165) is 52.3 Å². The van der Waals surface area contributed by atoms with Crippen molar-refractivity contribution in [2.24, 2.45) is 0 Å². The Morgan fingerprint density at radius 3 is 1.26 bits per heavy atom. The molecule has 0 aliphatic carbocycles. The summed E-state index contributed by atoms with van der Waals surface area (Å²) >= 11 is -0.691. The van der Waals surface area contributed by atoms with E-state index in [1.807, 2.05) is 115 Å². The Balaban J connectivity index is 0.000000714. The van der Waals surface area contributed by atoms with Crippen molar-refractivity contribution in [3.8, 4) is 0 Å². The number of hydrogen-bond donors (Lipinski definition) is 0. The molecule has 0 bridgehead atoms. The van der Waals surface area contributed by atoms with Crippen molar-refractivity contribution < 1.29 is 30.3 Å². The quantitative estimate of drug-likeness (QED) is 0.0529. The largest absolute Gasteiger partial charge is 0.672 e. The van der Waals surface area contributed by atoms with Gasteiger partial charge in [-0.15, -0.1) is 13.1 Å². The molecular formula is C50H58Cl4N4P2Ru2-6. The van der Waals surface area contributed by atoms with E-state index in [2.05, 4.69) is 96.6 Å². The van der Waals surface area contributed by atoms with Gasteiger partial charge in [-0.1, -0.05) is 134 Å². The van der Waals surface area contributed by atoms with E-state index in [0.29, 0.717) is 0 Å². The molecule has 0 saturated carbocycles. The van der Waals surface area contributed by atoms with E-state index in [1.165, 1.54) is 48.6 Å². The third-order valence-electron chi connectivity index (χ3n) is 7.52. The molecule has 2 aromatic heterocycles. The molecule has 2 heterocycles. The van der Waals surface area contributed by atoms with Crippen LogP contribution in [0.1, 0.15) is 49.9 Å². The van der Waals surface area contributed by atoms with Crippen LogP contribution in [0.25, 0.3) is 22.4 Å². The molecule has 0 aliphatic heterocycles. The number of aromatic nitrogens is 2. The van der Waals surface area contributed by atoms with Crippen LogP contribution in [0, 0.1) is 26.0 Å². The van der Waals surface area contributed by atoms with Crippen LogP contribution in [0.2, 0.25) is 0 Å². The second kappa shape index (κ2) is 48.3. The van der Waals surface area contributed by atoms with Gasteiger partial charge < -0.3 is 25.3 Å². The van der Waals surface area contributed by atoms with Gasteiger partial charge in [-0.3, -0.25) is 9.97 Å². The van der Waals surface area contributed by atoms with Gasteiger partial charge >= 0.3 is 69.1 Å². The molecule has 0 fully saturated rings.